The number of aryl methyl sites for hydroxylation is 2. The summed E-state index contributed by atoms with van der Waals surface area (Å²) in [7, 11) is 0. The first-order valence-electron chi connectivity index (χ1n) is 7.14. The lowest BCUT2D eigenvalue weighted by Crippen LogP contribution is -1.91. The molecule has 0 atom stereocenters. The van der Waals surface area contributed by atoms with Gasteiger partial charge in [-0.25, -0.2) is 4.39 Å². The van der Waals surface area contributed by atoms with Crippen LogP contribution >= 0.6 is 0 Å². The van der Waals surface area contributed by atoms with E-state index >= 15 is 0 Å². The Morgan fingerprint density at radius 1 is 1.00 bits per heavy atom. The van der Waals surface area contributed by atoms with Crippen molar-refractivity contribution in [1.29, 1.82) is 0 Å². The summed E-state index contributed by atoms with van der Waals surface area (Å²) in [6, 6.07) is 10.9. The number of benzene rings is 2. The molecule has 0 N–H and O–H groups in total. The molecule has 0 aliphatic rings. The Labute approximate surface area is 126 Å². The highest BCUT2D eigenvalue weighted by atomic mass is 19.1. The molecule has 1 heteroatoms. The lowest BCUT2D eigenvalue weighted by atomic mass is 9.97. The highest BCUT2D eigenvalue weighted by Gasteiger charge is 2.02. The minimum absolute atomic E-state index is 0.203. The van der Waals surface area contributed by atoms with Crippen LogP contribution in [0.3, 0.4) is 0 Å². The number of allylic oxidation sites excluding steroid dienone is 2. The van der Waals surface area contributed by atoms with Gasteiger partial charge in [-0.3, -0.25) is 0 Å². The van der Waals surface area contributed by atoms with Gasteiger partial charge in [-0.05, 0) is 67.1 Å². The SMILES string of the molecule is C=C(/C=C\c1c(C)ccc(C)c1C)Cc1ccc(F)cc1. The van der Waals surface area contributed by atoms with Gasteiger partial charge in [0.15, 0.2) is 0 Å². The van der Waals surface area contributed by atoms with E-state index < -0.39 is 0 Å². The zero-order valence-corrected chi connectivity index (χ0v) is 12.9. The maximum absolute atomic E-state index is 12.9. The predicted octanol–water partition coefficient (Wildman–Crippen LogP) is 5.56. The molecule has 0 aromatic heterocycles. The third-order valence-corrected chi connectivity index (χ3v) is 3.83. The Kier molecular flexibility index (Phi) is 4.74. The molecule has 2 rings (SSSR count). The van der Waals surface area contributed by atoms with E-state index in [0.717, 1.165) is 17.6 Å². The van der Waals surface area contributed by atoms with Gasteiger partial charge in [0.2, 0.25) is 0 Å². The van der Waals surface area contributed by atoms with Crippen molar-refractivity contribution in [3.8, 4) is 0 Å². The van der Waals surface area contributed by atoms with Crippen molar-refractivity contribution >= 4 is 6.08 Å². The second kappa shape index (κ2) is 6.53. The Balaban J connectivity index is 2.12. The summed E-state index contributed by atoms with van der Waals surface area (Å²) in [4.78, 5) is 0. The van der Waals surface area contributed by atoms with Gasteiger partial charge in [-0.15, -0.1) is 0 Å². The topological polar surface area (TPSA) is 0 Å². The van der Waals surface area contributed by atoms with Gasteiger partial charge in [0.1, 0.15) is 5.82 Å². The highest BCUT2D eigenvalue weighted by Crippen LogP contribution is 2.20. The molecule has 0 saturated carbocycles. The van der Waals surface area contributed by atoms with Gasteiger partial charge in [0.05, 0.1) is 0 Å². The Hall–Kier alpha value is -2.15. The van der Waals surface area contributed by atoms with E-state index in [1.54, 1.807) is 12.1 Å². The molecule has 2 aromatic rings. The van der Waals surface area contributed by atoms with E-state index in [1.807, 2.05) is 0 Å². The van der Waals surface area contributed by atoms with Crippen LogP contribution in [0.5, 0.6) is 0 Å². The molecule has 0 radical (unpaired) electrons. The van der Waals surface area contributed by atoms with Crippen LogP contribution in [0, 0.1) is 26.6 Å². The second-order valence-electron chi connectivity index (χ2n) is 5.53. The van der Waals surface area contributed by atoms with Gasteiger partial charge >= 0.3 is 0 Å². The Bertz CT molecular complexity index is 676. The molecule has 0 nitrogen and oxygen atoms in total. The van der Waals surface area contributed by atoms with Crippen molar-refractivity contribution < 1.29 is 4.39 Å². The minimum atomic E-state index is -0.203. The lowest BCUT2D eigenvalue weighted by molar-refractivity contribution is 0.627. The molecule has 108 valence electrons. The molecular weight excluding hydrogens is 259 g/mol. The fourth-order valence-corrected chi connectivity index (χ4v) is 2.35. The molecular formula is C20H21F. The molecule has 0 bridgehead atoms. The Morgan fingerprint density at radius 2 is 1.62 bits per heavy atom. The third kappa shape index (κ3) is 3.91. The van der Waals surface area contributed by atoms with Crippen molar-refractivity contribution in [1.82, 2.24) is 0 Å². The van der Waals surface area contributed by atoms with E-state index in [1.165, 1.54) is 34.4 Å². The Morgan fingerprint density at radius 3 is 2.29 bits per heavy atom. The second-order valence-corrected chi connectivity index (χ2v) is 5.53. The molecule has 0 aliphatic carbocycles. The van der Waals surface area contributed by atoms with Crippen LogP contribution in [-0.2, 0) is 6.42 Å². The van der Waals surface area contributed by atoms with Gasteiger partial charge < -0.3 is 0 Å². The van der Waals surface area contributed by atoms with E-state index in [9.17, 15) is 4.39 Å². The van der Waals surface area contributed by atoms with Crippen LogP contribution in [0.1, 0.15) is 27.8 Å². The molecule has 0 spiro atoms. The van der Waals surface area contributed by atoms with E-state index in [-0.39, 0.29) is 5.82 Å². The van der Waals surface area contributed by atoms with Crippen molar-refractivity contribution in [2.24, 2.45) is 0 Å². The highest BCUT2D eigenvalue weighted by molar-refractivity contribution is 5.61. The predicted molar refractivity (Wildman–Crippen MR) is 88.9 cm³/mol. The average Bonchev–Trinajstić information content (AvgIpc) is 2.45. The fourth-order valence-electron chi connectivity index (χ4n) is 2.35. The zero-order chi connectivity index (χ0) is 15.4. The normalized spacial score (nSPS) is 11.0. The molecule has 2 aromatic carbocycles. The molecule has 0 saturated heterocycles. The van der Waals surface area contributed by atoms with E-state index in [4.69, 9.17) is 0 Å². The van der Waals surface area contributed by atoms with Crippen LogP contribution < -0.4 is 0 Å². The van der Waals surface area contributed by atoms with Crippen molar-refractivity contribution in [3.63, 3.8) is 0 Å². The van der Waals surface area contributed by atoms with Crippen LogP contribution in [0.15, 0.2) is 54.6 Å². The van der Waals surface area contributed by atoms with Crippen LogP contribution in [0.4, 0.5) is 4.39 Å². The maximum Gasteiger partial charge on any atom is 0.123 e. The summed E-state index contributed by atoms with van der Waals surface area (Å²) in [5.74, 6) is -0.203. The average molecular weight is 280 g/mol. The van der Waals surface area contributed by atoms with Gasteiger partial charge in [-0.1, -0.05) is 48.6 Å². The van der Waals surface area contributed by atoms with E-state index in [0.29, 0.717) is 0 Å². The van der Waals surface area contributed by atoms with Gasteiger partial charge in [0, 0.05) is 0 Å². The molecule has 0 unspecified atom stereocenters. The number of rotatable bonds is 4. The van der Waals surface area contributed by atoms with Crippen molar-refractivity contribution in [3.05, 3.63) is 88.3 Å². The molecule has 0 fully saturated rings. The molecule has 0 heterocycles. The summed E-state index contributed by atoms with van der Waals surface area (Å²) in [5.41, 5.74) is 7.22. The number of halogens is 1. The van der Waals surface area contributed by atoms with Crippen LogP contribution in [0.25, 0.3) is 6.08 Å². The van der Waals surface area contributed by atoms with Gasteiger partial charge in [0.25, 0.3) is 0 Å². The standard InChI is InChI=1S/C20H21F/c1-14(13-18-8-10-19(21)11-9-18)5-12-20-16(3)7-6-15(2)17(20)4/h5-12H,1,13H2,2-4H3/b12-5-. The first kappa shape index (κ1) is 15.2. The first-order chi connectivity index (χ1) is 9.97. The number of hydrogen-bond donors (Lipinski definition) is 0. The summed E-state index contributed by atoms with van der Waals surface area (Å²) in [6.07, 6.45) is 4.92. The molecule has 21 heavy (non-hydrogen) atoms. The largest absolute Gasteiger partial charge is 0.207 e. The minimum Gasteiger partial charge on any atom is -0.207 e. The molecule has 0 amide bonds. The summed E-state index contributed by atoms with van der Waals surface area (Å²) in [5, 5.41) is 0. The smallest absolute Gasteiger partial charge is 0.123 e. The quantitative estimate of drug-likeness (QED) is 0.643. The first-order valence-corrected chi connectivity index (χ1v) is 7.14. The summed E-state index contributed by atoms with van der Waals surface area (Å²) in [6.45, 7) is 10.5. The lowest BCUT2D eigenvalue weighted by Gasteiger charge is -2.09. The summed E-state index contributed by atoms with van der Waals surface area (Å²) < 4.78 is 12.9. The zero-order valence-electron chi connectivity index (χ0n) is 12.9. The van der Waals surface area contributed by atoms with E-state index in [2.05, 4.69) is 51.6 Å². The summed E-state index contributed by atoms with van der Waals surface area (Å²) >= 11 is 0. The van der Waals surface area contributed by atoms with Crippen molar-refractivity contribution in [2.75, 3.05) is 0 Å². The third-order valence-electron chi connectivity index (χ3n) is 3.83. The fraction of sp³-hybridized carbons (Fsp3) is 0.200. The monoisotopic (exact) mass is 280 g/mol. The van der Waals surface area contributed by atoms with Gasteiger partial charge in [-0.2, -0.15) is 0 Å². The van der Waals surface area contributed by atoms with Crippen LogP contribution in [-0.4, -0.2) is 0 Å². The number of hydrogen-bond acceptors (Lipinski definition) is 0. The van der Waals surface area contributed by atoms with Crippen LogP contribution in [0.2, 0.25) is 0 Å². The maximum atomic E-state index is 12.9. The molecule has 0 aliphatic heterocycles. The van der Waals surface area contributed by atoms with Crippen molar-refractivity contribution in [2.45, 2.75) is 27.2 Å².